The van der Waals surface area contributed by atoms with Gasteiger partial charge in [-0.05, 0) is 52.7 Å². The summed E-state index contributed by atoms with van der Waals surface area (Å²) in [6.07, 6.45) is 3.33. The van der Waals surface area contributed by atoms with Gasteiger partial charge in [-0.25, -0.2) is 0 Å². The largest absolute Gasteiger partial charge is 0.399 e. The second-order valence-electron chi connectivity index (χ2n) is 4.08. The minimum atomic E-state index is 0.0806. The molecule has 92 valence electrons. The number of rotatable bonds is 2. The highest BCUT2D eigenvalue weighted by Gasteiger charge is 2.22. The number of halogens is 1. The van der Waals surface area contributed by atoms with Crippen molar-refractivity contribution < 1.29 is 4.79 Å². The highest BCUT2D eigenvalue weighted by atomic mass is 79.9. The molecular formula is C12H15BrN2OS. The number of nitrogens with two attached hydrogens (primary N) is 1. The van der Waals surface area contributed by atoms with Crippen molar-refractivity contribution in [3.05, 3.63) is 22.7 Å². The number of amides is 1. The predicted octanol–water partition coefficient (Wildman–Crippen LogP) is 3.26. The SMILES string of the molecule is Nc1ccc(Br)c(NC(=O)C2CCCCS2)c1. The van der Waals surface area contributed by atoms with Gasteiger partial charge in [0.25, 0.3) is 0 Å². The fraction of sp³-hybridized carbons (Fsp3) is 0.417. The van der Waals surface area contributed by atoms with Crippen molar-refractivity contribution in [3.63, 3.8) is 0 Å². The van der Waals surface area contributed by atoms with Crippen LogP contribution in [0.3, 0.4) is 0 Å². The molecule has 0 aromatic heterocycles. The van der Waals surface area contributed by atoms with Crippen LogP contribution in [0.5, 0.6) is 0 Å². The average molecular weight is 315 g/mol. The molecule has 1 heterocycles. The van der Waals surface area contributed by atoms with E-state index in [0.717, 1.165) is 28.8 Å². The first-order chi connectivity index (χ1) is 8.16. The molecule has 0 bridgehead atoms. The molecule has 3 nitrogen and oxygen atoms in total. The van der Waals surface area contributed by atoms with E-state index in [-0.39, 0.29) is 11.2 Å². The topological polar surface area (TPSA) is 55.1 Å². The van der Waals surface area contributed by atoms with Gasteiger partial charge in [-0.15, -0.1) is 11.8 Å². The molecule has 1 fully saturated rings. The number of nitrogen functional groups attached to an aromatic ring is 1. The number of hydrogen-bond donors (Lipinski definition) is 2. The molecule has 0 spiro atoms. The summed E-state index contributed by atoms with van der Waals surface area (Å²) in [7, 11) is 0. The third-order valence-electron chi connectivity index (χ3n) is 2.72. The molecule has 17 heavy (non-hydrogen) atoms. The Hall–Kier alpha value is -0.680. The standard InChI is InChI=1S/C12H15BrN2OS/c13-9-5-4-8(14)7-10(9)15-12(16)11-3-1-2-6-17-11/h4-5,7,11H,1-3,6,14H2,(H,15,16). The zero-order valence-electron chi connectivity index (χ0n) is 9.41. The normalized spacial score (nSPS) is 19.9. The Morgan fingerprint density at radius 2 is 2.29 bits per heavy atom. The molecule has 0 saturated carbocycles. The summed E-state index contributed by atoms with van der Waals surface area (Å²) in [4.78, 5) is 12.0. The van der Waals surface area contributed by atoms with Crippen LogP contribution in [0.2, 0.25) is 0 Å². The Bertz CT molecular complexity index is 419. The van der Waals surface area contributed by atoms with E-state index in [1.165, 1.54) is 6.42 Å². The van der Waals surface area contributed by atoms with Gasteiger partial charge in [0.05, 0.1) is 10.9 Å². The summed E-state index contributed by atoms with van der Waals surface area (Å²) in [5, 5.41) is 3.01. The van der Waals surface area contributed by atoms with Crippen LogP contribution in [-0.2, 0) is 4.79 Å². The van der Waals surface area contributed by atoms with Crippen LogP contribution in [-0.4, -0.2) is 16.9 Å². The minimum absolute atomic E-state index is 0.0806. The summed E-state index contributed by atoms with van der Waals surface area (Å²) in [6.45, 7) is 0. The molecule has 0 radical (unpaired) electrons. The maximum absolute atomic E-state index is 12.0. The van der Waals surface area contributed by atoms with Gasteiger partial charge in [0.2, 0.25) is 5.91 Å². The van der Waals surface area contributed by atoms with Crippen molar-refractivity contribution >= 4 is 45.0 Å². The Morgan fingerprint density at radius 1 is 1.47 bits per heavy atom. The number of benzene rings is 1. The van der Waals surface area contributed by atoms with Gasteiger partial charge in [0.1, 0.15) is 0 Å². The van der Waals surface area contributed by atoms with E-state index in [1.807, 2.05) is 6.07 Å². The van der Waals surface area contributed by atoms with Gasteiger partial charge in [-0.2, -0.15) is 0 Å². The van der Waals surface area contributed by atoms with Gasteiger partial charge in [0, 0.05) is 10.2 Å². The summed E-state index contributed by atoms with van der Waals surface area (Å²) in [6, 6.07) is 5.42. The van der Waals surface area contributed by atoms with E-state index in [4.69, 9.17) is 5.73 Å². The van der Waals surface area contributed by atoms with Crippen LogP contribution in [0.15, 0.2) is 22.7 Å². The van der Waals surface area contributed by atoms with E-state index in [9.17, 15) is 4.79 Å². The fourth-order valence-corrected chi connectivity index (χ4v) is 3.34. The van der Waals surface area contributed by atoms with Crippen molar-refractivity contribution in [3.8, 4) is 0 Å². The number of anilines is 2. The third-order valence-corrected chi connectivity index (χ3v) is 4.79. The molecule has 1 aliphatic rings. The first-order valence-electron chi connectivity index (χ1n) is 5.64. The minimum Gasteiger partial charge on any atom is -0.399 e. The Labute approximate surface area is 114 Å². The molecule has 1 unspecified atom stereocenters. The van der Waals surface area contributed by atoms with E-state index >= 15 is 0 Å². The van der Waals surface area contributed by atoms with Gasteiger partial charge < -0.3 is 11.1 Å². The fourth-order valence-electron chi connectivity index (χ4n) is 1.80. The van der Waals surface area contributed by atoms with Crippen LogP contribution in [0.1, 0.15) is 19.3 Å². The lowest BCUT2D eigenvalue weighted by Gasteiger charge is -2.20. The maximum Gasteiger partial charge on any atom is 0.237 e. The number of carbonyl (C=O) groups is 1. The van der Waals surface area contributed by atoms with Crippen LogP contribution in [0.4, 0.5) is 11.4 Å². The molecule has 1 aromatic carbocycles. The van der Waals surface area contributed by atoms with Crippen molar-refractivity contribution in [2.75, 3.05) is 16.8 Å². The van der Waals surface area contributed by atoms with E-state index < -0.39 is 0 Å². The Kier molecular flexibility index (Phi) is 4.34. The smallest absolute Gasteiger partial charge is 0.237 e. The highest BCUT2D eigenvalue weighted by Crippen LogP contribution is 2.29. The van der Waals surface area contributed by atoms with Crippen LogP contribution in [0.25, 0.3) is 0 Å². The van der Waals surface area contributed by atoms with Crippen molar-refractivity contribution in [2.24, 2.45) is 0 Å². The molecule has 3 N–H and O–H groups in total. The van der Waals surface area contributed by atoms with Crippen molar-refractivity contribution in [1.29, 1.82) is 0 Å². The molecule has 5 heteroatoms. The van der Waals surface area contributed by atoms with Gasteiger partial charge in [0.15, 0.2) is 0 Å². The summed E-state index contributed by atoms with van der Waals surface area (Å²) in [5.74, 6) is 1.16. The number of hydrogen-bond acceptors (Lipinski definition) is 3. The first kappa shape index (κ1) is 12.8. The van der Waals surface area contributed by atoms with Gasteiger partial charge >= 0.3 is 0 Å². The molecule has 1 atom stereocenters. The quantitative estimate of drug-likeness (QED) is 0.824. The number of thioether (sulfide) groups is 1. The van der Waals surface area contributed by atoms with E-state index in [0.29, 0.717) is 5.69 Å². The van der Waals surface area contributed by atoms with Gasteiger partial charge in [-0.3, -0.25) is 4.79 Å². The number of carbonyl (C=O) groups excluding carboxylic acids is 1. The Morgan fingerprint density at radius 3 is 3.00 bits per heavy atom. The molecule has 1 aliphatic heterocycles. The molecule has 2 rings (SSSR count). The second kappa shape index (κ2) is 5.78. The molecule has 1 aromatic rings. The molecule has 1 amide bonds. The lowest BCUT2D eigenvalue weighted by molar-refractivity contribution is -0.115. The van der Waals surface area contributed by atoms with Crippen LogP contribution in [0, 0.1) is 0 Å². The lowest BCUT2D eigenvalue weighted by Crippen LogP contribution is -2.27. The van der Waals surface area contributed by atoms with Crippen molar-refractivity contribution in [2.45, 2.75) is 24.5 Å². The molecule has 0 aliphatic carbocycles. The predicted molar refractivity (Wildman–Crippen MR) is 77.3 cm³/mol. The third kappa shape index (κ3) is 3.39. The molecule has 1 saturated heterocycles. The number of nitrogens with one attached hydrogen (secondary N) is 1. The van der Waals surface area contributed by atoms with E-state index in [1.54, 1.807) is 23.9 Å². The summed E-state index contributed by atoms with van der Waals surface area (Å²) >= 11 is 5.15. The second-order valence-corrected chi connectivity index (χ2v) is 6.25. The molecular weight excluding hydrogens is 300 g/mol. The highest BCUT2D eigenvalue weighted by molar-refractivity contribution is 9.10. The zero-order chi connectivity index (χ0) is 12.3. The average Bonchev–Trinajstić information content (AvgIpc) is 2.35. The van der Waals surface area contributed by atoms with Crippen molar-refractivity contribution in [1.82, 2.24) is 0 Å². The summed E-state index contributed by atoms with van der Waals surface area (Å²) in [5.41, 5.74) is 7.11. The van der Waals surface area contributed by atoms with Crippen LogP contribution >= 0.6 is 27.7 Å². The summed E-state index contributed by atoms with van der Waals surface area (Å²) < 4.78 is 0.862. The van der Waals surface area contributed by atoms with E-state index in [2.05, 4.69) is 21.2 Å². The first-order valence-corrected chi connectivity index (χ1v) is 7.48. The van der Waals surface area contributed by atoms with Crippen LogP contribution < -0.4 is 11.1 Å². The zero-order valence-corrected chi connectivity index (χ0v) is 11.8. The van der Waals surface area contributed by atoms with Gasteiger partial charge in [-0.1, -0.05) is 6.42 Å². The Balaban J connectivity index is 2.04. The lowest BCUT2D eigenvalue weighted by atomic mass is 10.2. The maximum atomic E-state index is 12.0. The monoisotopic (exact) mass is 314 g/mol.